The number of guanidine groups is 1. The number of nitrogens with one attached hydrogen (secondary N) is 2. The minimum absolute atomic E-state index is 0.334. The first kappa shape index (κ1) is 21.1. The molecule has 8 nitrogen and oxygen atoms in total. The minimum atomic E-state index is -1.04. The van der Waals surface area contributed by atoms with Crippen molar-refractivity contribution < 1.29 is 9.84 Å². The zero-order valence-electron chi connectivity index (χ0n) is 17.6. The molecule has 1 atom stereocenters. The van der Waals surface area contributed by atoms with Crippen molar-refractivity contribution in [1.29, 1.82) is 0 Å². The lowest BCUT2D eigenvalue weighted by molar-refractivity contribution is 0.0616. The fraction of sp³-hybridized carbons (Fsp3) is 0.524. The number of nitrogens with zero attached hydrogens (tertiary/aromatic N) is 4. The van der Waals surface area contributed by atoms with Crippen LogP contribution in [0, 0.1) is 0 Å². The van der Waals surface area contributed by atoms with Crippen molar-refractivity contribution in [3.63, 3.8) is 0 Å². The fourth-order valence-corrected chi connectivity index (χ4v) is 3.20. The summed E-state index contributed by atoms with van der Waals surface area (Å²) >= 11 is 0. The van der Waals surface area contributed by atoms with Gasteiger partial charge < -0.3 is 25.4 Å². The van der Waals surface area contributed by atoms with Crippen molar-refractivity contribution in [3.05, 3.63) is 47.8 Å². The summed E-state index contributed by atoms with van der Waals surface area (Å²) in [6, 6.07) is 8.51. The fourth-order valence-electron chi connectivity index (χ4n) is 3.20. The molecule has 1 fully saturated rings. The molecule has 1 aliphatic rings. The number of ether oxygens (including phenoxy) is 1. The van der Waals surface area contributed by atoms with Crippen LogP contribution in [-0.4, -0.2) is 60.2 Å². The van der Waals surface area contributed by atoms with Crippen LogP contribution in [0.3, 0.4) is 0 Å². The summed E-state index contributed by atoms with van der Waals surface area (Å²) in [4.78, 5) is 6.99. The largest absolute Gasteiger partial charge is 0.383 e. The monoisotopic (exact) mass is 400 g/mol. The number of aliphatic imine (C=N–C) groups is 1. The maximum atomic E-state index is 10.7. The second-order valence-electron chi connectivity index (χ2n) is 7.49. The summed E-state index contributed by atoms with van der Waals surface area (Å²) in [7, 11) is 1.84. The van der Waals surface area contributed by atoms with Crippen LogP contribution in [0.1, 0.15) is 25.0 Å². The second-order valence-corrected chi connectivity index (χ2v) is 7.49. The molecule has 3 rings (SSSR count). The lowest BCUT2D eigenvalue weighted by atomic mass is 10.00. The van der Waals surface area contributed by atoms with E-state index >= 15 is 0 Å². The van der Waals surface area contributed by atoms with Crippen LogP contribution in [0.4, 0.5) is 5.69 Å². The molecule has 1 aliphatic heterocycles. The number of benzene rings is 1. The Balaban J connectivity index is 1.58. The van der Waals surface area contributed by atoms with Gasteiger partial charge in [0, 0.05) is 44.1 Å². The van der Waals surface area contributed by atoms with Gasteiger partial charge in [0.2, 0.25) is 0 Å². The molecule has 0 saturated carbocycles. The van der Waals surface area contributed by atoms with E-state index in [-0.39, 0.29) is 0 Å². The molecular formula is C21H32N6O2. The van der Waals surface area contributed by atoms with Crippen molar-refractivity contribution in [2.75, 3.05) is 44.3 Å². The molecule has 0 amide bonds. The number of aryl methyl sites for hydroxylation is 1. The molecule has 0 aliphatic carbocycles. The third kappa shape index (κ3) is 5.95. The van der Waals surface area contributed by atoms with Crippen molar-refractivity contribution in [2.45, 2.75) is 26.0 Å². The smallest absolute Gasteiger partial charge is 0.191 e. The predicted molar refractivity (Wildman–Crippen MR) is 115 cm³/mol. The number of anilines is 1. The van der Waals surface area contributed by atoms with Crippen LogP contribution < -0.4 is 15.5 Å². The highest BCUT2D eigenvalue weighted by Gasteiger charge is 2.25. The molecule has 158 valence electrons. The molecule has 0 radical (unpaired) electrons. The van der Waals surface area contributed by atoms with Crippen molar-refractivity contribution >= 4 is 11.6 Å². The highest BCUT2D eigenvalue weighted by molar-refractivity contribution is 5.79. The van der Waals surface area contributed by atoms with Gasteiger partial charge in [-0.2, -0.15) is 5.10 Å². The number of hydrogen-bond donors (Lipinski definition) is 3. The summed E-state index contributed by atoms with van der Waals surface area (Å²) in [5.74, 6) is 0.675. The Kier molecular flexibility index (Phi) is 7.11. The average Bonchev–Trinajstić information content (AvgIpc) is 3.18. The molecule has 0 spiro atoms. The van der Waals surface area contributed by atoms with E-state index in [1.54, 1.807) is 17.8 Å². The van der Waals surface area contributed by atoms with Gasteiger partial charge in [-0.3, -0.25) is 4.68 Å². The lowest BCUT2D eigenvalue weighted by Crippen LogP contribution is -2.44. The summed E-state index contributed by atoms with van der Waals surface area (Å²) in [6.45, 7) is 8.87. The predicted octanol–water partition coefficient (Wildman–Crippen LogP) is 1.22. The van der Waals surface area contributed by atoms with Crippen LogP contribution in [-0.2, 0) is 23.9 Å². The Morgan fingerprint density at radius 3 is 2.59 bits per heavy atom. The van der Waals surface area contributed by atoms with Gasteiger partial charge in [0.15, 0.2) is 5.96 Å². The molecule has 1 unspecified atom stereocenters. The maximum absolute atomic E-state index is 10.7. The molecule has 1 saturated heterocycles. The molecule has 1 aromatic heterocycles. The first-order valence-electron chi connectivity index (χ1n) is 10.1. The van der Waals surface area contributed by atoms with E-state index < -0.39 is 5.60 Å². The number of rotatable bonds is 7. The molecule has 2 aromatic rings. The maximum Gasteiger partial charge on any atom is 0.191 e. The Morgan fingerprint density at radius 1 is 1.24 bits per heavy atom. The van der Waals surface area contributed by atoms with Crippen LogP contribution in [0.15, 0.2) is 41.7 Å². The Morgan fingerprint density at radius 2 is 1.97 bits per heavy atom. The highest BCUT2D eigenvalue weighted by Crippen LogP contribution is 2.19. The number of aliphatic hydroxyl groups is 1. The Bertz CT molecular complexity index is 794. The van der Waals surface area contributed by atoms with E-state index in [0.29, 0.717) is 19.0 Å². The van der Waals surface area contributed by atoms with E-state index in [1.165, 1.54) is 5.69 Å². The van der Waals surface area contributed by atoms with Gasteiger partial charge >= 0.3 is 0 Å². The third-order valence-corrected chi connectivity index (χ3v) is 5.00. The first-order chi connectivity index (χ1) is 14.0. The minimum Gasteiger partial charge on any atom is -0.383 e. The summed E-state index contributed by atoms with van der Waals surface area (Å²) in [5.41, 5.74) is 2.09. The van der Waals surface area contributed by atoms with Crippen molar-refractivity contribution in [3.8, 4) is 0 Å². The molecule has 8 heteroatoms. The molecular weight excluding hydrogens is 368 g/mol. The van der Waals surface area contributed by atoms with Gasteiger partial charge in [-0.05, 0) is 31.5 Å². The average molecular weight is 401 g/mol. The molecule has 1 aromatic carbocycles. The van der Waals surface area contributed by atoms with Crippen LogP contribution in [0.2, 0.25) is 0 Å². The lowest BCUT2D eigenvalue weighted by Gasteiger charge is -2.28. The standard InChI is InChI=1S/C21H32N6O2/c1-4-22-20(24-16-21(2,28)18-14-25-26(3)15-18)23-13-17-5-7-19(8-6-17)27-9-11-29-12-10-27/h5-8,14-15,28H,4,9-13,16H2,1-3H3,(H2,22,23,24). The number of hydrogen-bond acceptors (Lipinski definition) is 5. The van der Waals surface area contributed by atoms with Gasteiger partial charge in [0.05, 0.1) is 32.5 Å². The Hall–Kier alpha value is -2.58. The van der Waals surface area contributed by atoms with Crippen LogP contribution in [0.5, 0.6) is 0 Å². The van der Waals surface area contributed by atoms with Crippen molar-refractivity contribution in [2.24, 2.45) is 12.0 Å². The summed E-state index contributed by atoms with van der Waals surface area (Å²) in [5, 5.41) is 21.3. The summed E-state index contributed by atoms with van der Waals surface area (Å²) < 4.78 is 7.10. The summed E-state index contributed by atoms with van der Waals surface area (Å²) in [6.07, 6.45) is 3.50. The number of aromatic nitrogens is 2. The van der Waals surface area contributed by atoms with E-state index in [0.717, 1.165) is 44.0 Å². The van der Waals surface area contributed by atoms with Gasteiger partial charge in [0.1, 0.15) is 5.60 Å². The highest BCUT2D eigenvalue weighted by atomic mass is 16.5. The van der Waals surface area contributed by atoms with E-state index in [4.69, 9.17) is 4.74 Å². The van der Waals surface area contributed by atoms with Gasteiger partial charge in [-0.1, -0.05) is 12.1 Å². The molecule has 3 N–H and O–H groups in total. The van der Waals surface area contributed by atoms with E-state index in [9.17, 15) is 5.11 Å². The third-order valence-electron chi connectivity index (χ3n) is 5.00. The van der Waals surface area contributed by atoms with E-state index in [2.05, 4.69) is 49.9 Å². The van der Waals surface area contributed by atoms with Gasteiger partial charge in [0.25, 0.3) is 0 Å². The second kappa shape index (κ2) is 9.76. The Labute approximate surface area is 172 Å². The van der Waals surface area contributed by atoms with Crippen LogP contribution >= 0.6 is 0 Å². The molecule has 29 heavy (non-hydrogen) atoms. The van der Waals surface area contributed by atoms with Crippen molar-refractivity contribution in [1.82, 2.24) is 20.4 Å². The van der Waals surface area contributed by atoms with Crippen LogP contribution in [0.25, 0.3) is 0 Å². The first-order valence-corrected chi connectivity index (χ1v) is 10.1. The van der Waals surface area contributed by atoms with E-state index in [1.807, 2.05) is 20.2 Å². The zero-order chi connectivity index (χ0) is 20.7. The molecule has 2 heterocycles. The number of morpholine rings is 1. The van der Waals surface area contributed by atoms with Gasteiger partial charge in [-0.25, -0.2) is 4.99 Å². The molecule has 0 bridgehead atoms. The topological polar surface area (TPSA) is 86.9 Å². The zero-order valence-corrected chi connectivity index (χ0v) is 17.6. The normalized spacial score (nSPS) is 17.1. The van der Waals surface area contributed by atoms with Gasteiger partial charge in [-0.15, -0.1) is 0 Å². The SMILES string of the molecule is CCNC(=NCc1ccc(N2CCOCC2)cc1)NCC(C)(O)c1cnn(C)c1. The quantitative estimate of drug-likeness (QED) is 0.479.